The fourth-order valence-corrected chi connectivity index (χ4v) is 2.63. The van der Waals surface area contributed by atoms with Gasteiger partial charge >= 0.3 is 0 Å². The molecular formula is C12H17N3O2S. The highest BCUT2D eigenvalue weighted by Gasteiger charge is 2.36. The molecule has 18 heavy (non-hydrogen) atoms. The van der Waals surface area contributed by atoms with E-state index in [0.717, 1.165) is 38.5 Å². The summed E-state index contributed by atoms with van der Waals surface area (Å²) in [4.78, 5) is 12.4. The Morgan fingerprint density at radius 3 is 2.56 bits per heavy atom. The molecular weight excluding hydrogens is 250 g/mol. The Kier molecular flexibility index (Phi) is 3.96. The van der Waals surface area contributed by atoms with Crippen LogP contribution in [0.1, 0.15) is 49.0 Å². The van der Waals surface area contributed by atoms with E-state index in [0.29, 0.717) is 4.99 Å². The van der Waals surface area contributed by atoms with E-state index in [2.05, 4.69) is 15.0 Å². The summed E-state index contributed by atoms with van der Waals surface area (Å²) in [6, 6.07) is 1.53. The fourth-order valence-electron chi connectivity index (χ4n) is 2.38. The van der Waals surface area contributed by atoms with E-state index < -0.39 is 5.54 Å². The van der Waals surface area contributed by atoms with Gasteiger partial charge in [-0.25, -0.2) is 0 Å². The Hall–Kier alpha value is -1.43. The molecule has 0 aromatic carbocycles. The average molecular weight is 267 g/mol. The number of rotatable bonds is 3. The third-order valence-corrected chi connectivity index (χ3v) is 3.84. The van der Waals surface area contributed by atoms with Crippen LogP contribution in [0.5, 0.6) is 0 Å². The number of nitrogens with zero attached hydrogens (tertiary/aromatic N) is 1. The predicted octanol–water partition coefficient (Wildman–Crippen LogP) is 1.78. The quantitative estimate of drug-likeness (QED) is 0.644. The third kappa shape index (κ3) is 2.69. The van der Waals surface area contributed by atoms with Gasteiger partial charge in [-0.15, -0.1) is 0 Å². The first kappa shape index (κ1) is 13.0. The van der Waals surface area contributed by atoms with Crippen LogP contribution < -0.4 is 11.1 Å². The maximum atomic E-state index is 12.0. The number of nitrogens with one attached hydrogen (secondary N) is 1. The van der Waals surface area contributed by atoms with Crippen LogP contribution in [0.25, 0.3) is 0 Å². The van der Waals surface area contributed by atoms with Crippen molar-refractivity contribution in [2.75, 3.05) is 0 Å². The van der Waals surface area contributed by atoms with Crippen LogP contribution in [-0.2, 0) is 0 Å². The number of hydrogen-bond donors (Lipinski definition) is 2. The molecule has 1 saturated carbocycles. The minimum absolute atomic E-state index is 0.259. The second kappa shape index (κ2) is 5.48. The smallest absolute Gasteiger partial charge is 0.274 e. The van der Waals surface area contributed by atoms with E-state index in [1.165, 1.54) is 12.3 Å². The summed E-state index contributed by atoms with van der Waals surface area (Å²) < 4.78 is 4.67. The third-order valence-electron chi connectivity index (χ3n) is 3.45. The molecule has 1 amide bonds. The van der Waals surface area contributed by atoms with Crippen molar-refractivity contribution in [1.29, 1.82) is 0 Å². The van der Waals surface area contributed by atoms with Gasteiger partial charge in [-0.2, -0.15) is 0 Å². The van der Waals surface area contributed by atoms with Crippen molar-refractivity contribution in [3.8, 4) is 0 Å². The molecule has 0 aliphatic heterocycles. The van der Waals surface area contributed by atoms with Gasteiger partial charge in [-0.05, 0) is 12.8 Å². The van der Waals surface area contributed by atoms with Crippen molar-refractivity contribution in [3.63, 3.8) is 0 Å². The SMILES string of the molecule is NC(=S)C1(NC(=O)c2ccon2)CCCCCC1. The van der Waals surface area contributed by atoms with E-state index in [1.807, 2.05) is 0 Å². The van der Waals surface area contributed by atoms with Crippen LogP contribution >= 0.6 is 12.2 Å². The molecule has 98 valence electrons. The molecule has 0 atom stereocenters. The van der Waals surface area contributed by atoms with Gasteiger partial charge in [0, 0.05) is 6.07 Å². The van der Waals surface area contributed by atoms with E-state index >= 15 is 0 Å². The number of carbonyl (C=O) groups excluding carboxylic acids is 1. The predicted molar refractivity (Wildman–Crippen MR) is 71.2 cm³/mol. The molecule has 5 nitrogen and oxygen atoms in total. The van der Waals surface area contributed by atoms with Crippen LogP contribution in [0.4, 0.5) is 0 Å². The van der Waals surface area contributed by atoms with Crippen LogP contribution in [0.2, 0.25) is 0 Å². The van der Waals surface area contributed by atoms with Crippen LogP contribution in [-0.4, -0.2) is 21.6 Å². The monoisotopic (exact) mass is 267 g/mol. The van der Waals surface area contributed by atoms with Crippen LogP contribution in [0.15, 0.2) is 16.9 Å². The largest absolute Gasteiger partial charge is 0.391 e. The second-order valence-electron chi connectivity index (χ2n) is 4.70. The number of amides is 1. The van der Waals surface area contributed by atoms with Gasteiger partial charge in [-0.3, -0.25) is 4.79 Å². The molecule has 0 radical (unpaired) electrons. The number of hydrogen-bond acceptors (Lipinski definition) is 4. The molecule has 1 aliphatic rings. The summed E-state index contributed by atoms with van der Waals surface area (Å²) >= 11 is 5.15. The zero-order chi connectivity index (χ0) is 13.0. The molecule has 6 heteroatoms. The molecule has 0 saturated heterocycles. The Labute approximate surface area is 111 Å². The molecule has 2 rings (SSSR count). The standard InChI is InChI=1S/C12H17N3O2S/c13-11(18)12(6-3-1-2-4-7-12)14-10(16)9-5-8-17-15-9/h5,8H,1-4,6-7H2,(H2,13,18)(H,14,16). The lowest BCUT2D eigenvalue weighted by Gasteiger charge is -2.32. The van der Waals surface area contributed by atoms with Gasteiger partial charge in [0.1, 0.15) is 6.26 Å². The summed E-state index contributed by atoms with van der Waals surface area (Å²) in [6.07, 6.45) is 7.33. The molecule has 3 N–H and O–H groups in total. The Morgan fingerprint density at radius 2 is 2.06 bits per heavy atom. The first-order valence-corrected chi connectivity index (χ1v) is 6.58. The summed E-state index contributed by atoms with van der Waals surface area (Å²) in [7, 11) is 0. The van der Waals surface area contributed by atoms with E-state index in [1.54, 1.807) is 0 Å². The number of nitrogens with two attached hydrogens (primary N) is 1. The lowest BCUT2D eigenvalue weighted by atomic mass is 9.90. The van der Waals surface area contributed by atoms with Crippen molar-refractivity contribution in [3.05, 3.63) is 18.0 Å². The van der Waals surface area contributed by atoms with Crippen molar-refractivity contribution < 1.29 is 9.32 Å². The number of thiocarbonyl (C=S) groups is 1. The molecule has 0 unspecified atom stereocenters. The molecule has 1 aromatic rings. The highest BCUT2D eigenvalue weighted by Crippen LogP contribution is 2.27. The summed E-state index contributed by atoms with van der Waals surface area (Å²) in [5.41, 5.74) is 5.54. The summed E-state index contributed by atoms with van der Waals surface area (Å²) in [5, 5.41) is 6.57. The Bertz CT molecular complexity index is 423. The maximum Gasteiger partial charge on any atom is 0.274 e. The van der Waals surface area contributed by atoms with Gasteiger partial charge < -0.3 is 15.6 Å². The van der Waals surface area contributed by atoms with Crippen LogP contribution in [0, 0.1) is 0 Å². The first-order chi connectivity index (χ1) is 8.64. The molecule has 1 fully saturated rings. The minimum atomic E-state index is -0.568. The van der Waals surface area contributed by atoms with Gasteiger partial charge in [0.2, 0.25) is 0 Å². The molecule has 0 bridgehead atoms. The highest BCUT2D eigenvalue weighted by atomic mass is 32.1. The van der Waals surface area contributed by atoms with Gasteiger partial charge in [-0.1, -0.05) is 43.1 Å². The van der Waals surface area contributed by atoms with Gasteiger partial charge in [0.15, 0.2) is 5.69 Å². The van der Waals surface area contributed by atoms with E-state index in [9.17, 15) is 4.79 Å². The van der Waals surface area contributed by atoms with Gasteiger partial charge in [0.25, 0.3) is 5.91 Å². The zero-order valence-electron chi connectivity index (χ0n) is 10.1. The Balaban J connectivity index is 2.15. The molecule has 1 aliphatic carbocycles. The second-order valence-corrected chi connectivity index (χ2v) is 5.14. The fraction of sp³-hybridized carbons (Fsp3) is 0.583. The normalized spacial score (nSPS) is 18.9. The lowest BCUT2D eigenvalue weighted by molar-refractivity contribution is 0.0908. The summed E-state index contributed by atoms with van der Waals surface area (Å²) in [5.74, 6) is -0.279. The van der Waals surface area contributed by atoms with Crippen molar-refractivity contribution in [1.82, 2.24) is 10.5 Å². The van der Waals surface area contributed by atoms with Crippen molar-refractivity contribution in [2.45, 2.75) is 44.1 Å². The summed E-state index contributed by atoms with van der Waals surface area (Å²) in [6.45, 7) is 0. The van der Waals surface area contributed by atoms with Crippen molar-refractivity contribution in [2.24, 2.45) is 5.73 Å². The maximum absolute atomic E-state index is 12.0. The zero-order valence-corrected chi connectivity index (χ0v) is 11.0. The number of aromatic nitrogens is 1. The first-order valence-electron chi connectivity index (χ1n) is 6.17. The molecule has 1 heterocycles. The highest BCUT2D eigenvalue weighted by molar-refractivity contribution is 7.80. The number of carbonyl (C=O) groups is 1. The van der Waals surface area contributed by atoms with E-state index in [4.69, 9.17) is 18.0 Å². The van der Waals surface area contributed by atoms with Crippen molar-refractivity contribution >= 4 is 23.1 Å². The average Bonchev–Trinajstić information content (AvgIpc) is 2.77. The minimum Gasteiger partial charge on any atom is -0.391 e. The topological polar surface area (TPSA) is 81.1 Å². The molecule has 0 spiro atoms. The van der Waals surface area contributed by atoms with Gasteiger partial charge in [0.05, 0.1) is 10.5 Å². The van der Waals surface area contributed by atoms with E-state index in [-0.39, 0.29) is 11.6 Å². The molecule has 1 aromatic heterocycles. The Morgan fingerprint density at radius 1 is 1.39 bits per heavy atom. The lowest BCUT2D eigenvalue weighted by Crippen LogP contribution is -2.56. The van der Waals surface area contributed by atoms with Crippen LogP contribution in [0.3, 0.4) is 0 Å².